The van der Waals surface area contributed by atoms with Gasteiger partial charge in [-0.05, 0) is 49.4 Å². The van der Waals surface area contributed by atoms with E-state index in [1.807, 2.05) is 0 Å². The summed E-state index contributed by atoms with van der Waals surface area (Å²) >= 11 is 0. The molecule has 3 N–H and O–H groups in total. The van der Waals surface area contributed by atoms with E-state index in [1.165, 1.54) is 44.6 Å². The summed E-state index contributed by atoms with van der Waals surface area (Å²) in [6.07, 6.45) is 1.35. The summed E-state index contributed by atoms with van der Waals surface area (Å²) in [4.78, 5) is 24.4. The number of benzene rings is 2. The number of rotatable bonds is 8. The molecule has 2 aromatic carbocycles. The van der Waals surface area contributed by atoms with Gasteiger partial charge in [0, 0.05) is 5.69 Å². The Kier molecular flexibility index (Phi) is 6.61. The Morgan fingerprint density at radius 3 is 2.52 bits per heavy atom. The molecule has 0 aliphatic carbocycles. The third kappa shape index (κ3) is 5.43. The van der Waals surface area contributed by atoms with Crippen LogP contribution in [0.4, 0.5) is 11.4 Å². The second kappa shape index (κ2) is 9.35. The second-order valence-corrected chi connectivity index (χ2v) is 8.18. The van der Waals surface area contributed by atoms with Crippen molar-refractivity contribution in [3.8, 4) is 5.75 Å². The van der Waals surface area contributed by atoms with Crippen LogP contribution in [0.1, 0.15) is 17.5 Å². The lowest BCUT2D eigenvalue weighted by molar-refractivity contribution is -0.117. The summed E-state index contributed by atoms with van der Waals surface area (Å²) in [5, 5.41) is 5.09. The van der Waals surface area contributed by atoms with E-state index in [2.05, 4.69) is 15.4 Å². The van der Waals surface area contributed by atoms with E-state index in [0.29, 0.717) is 5.75 Å². The molecule has 31 heavy (non-hydrogen) atoms. The van der Waals surface area contributed by atoms with Gasteiger partial charge in [-0.25, -0.2) is 8.42 Å². The number of anilines is 2. The summed E-state index contributed by atoms with van der Waals surface area (Å²) < 4.78 is 38.2. The van der Waals surface area contributed by atoms with Gasteiger partial charge in [-0.2, -0.15) is 0 Å². The van der Waals surface area contributed by atoms with E-state index in [-0.39, 0.29) is 22.0 Å². The van der Waals surface area contributed by atoms with Crippen molar-refractivity contribution < 1.29 is 27.2 Å². The average Bonchev–Trinajstić information content (AvgIpc) is 3.29. The minimum atomic E-state index is -3.94. The maximum absolute atomic E-state index is 12.8. The smallest absolute Gasteiger partial charge is 0.287 e. The molecule has 1 heterocycles. The lowest BCUT2D eigenvalue weighted by atomic mass is 10.2. The zero-order valence-electron chi connectivity index (χ0n) is 16.8. The molecule has 3 rings (SSSR count). The molecule has 0 saturated carbocycles. The molecule has 0 fully saturated rings. The molecular weight excluding hydrogens is 422 g/mol. The van der Waals surface area contributed by atoms with Crippen LogP contribution in [-0.2, 0) is 14.8 Å². The quantitative estimate of drug-likeness (QED) is 0.491. The fraction of sp³-hybridized carbons (Fsp3) is 0.143. The summed E-state index contributed by atoms with van der Waals surface area (Å²) in [6.45, 7) is 1.50. The predicted molar refractivity (Wildman–Crippen MR) is 115 cm³/mol. The van der Waals surface area contributed by atoms with Gasteiger partial charge in [-0.1, -0.05) is 18.2 Å². The molecule has 1 aromatic heterocycles. The number of sulfonamides is 1. The fourth-order valence-corrected chi connectivity index (χ4v) is 3.78. The molecule has 0 radical (unpaired) electrons. The Hall–Kier alpha value is -3.79. The number of furan rings is 1. The predicted octanol–water partition coefficient (Wildman–Crippen LogP) is 2.85. The van der Waals surface area contributed by atoms with Crippen molar-refractivity contribution in [1.29, 1.82) is 0 Å². The Labute approximate surface area is 179 Å². The molecule has 162 valence electrons. The average molecular weight is 443 g/mol. The summed E-state index contributed by atoms with van der Waals surface area (Å²) in [5.41, 5.74) is 0.542. The topological polar surface area (TPSA) is 127 Å². The maximum atomic E-state index is 12.8. The molecule has 0 unspecified atom stereocenters. The van der Waals surface area contributed by atoms with Gasteiger partial charge in [-0.3, -0.25) is 14.3 Å². The highest BCUT2D eigenvalue weighted by molar-refractivity contribution is 7.92. The minimum Gasteiger partial charge on any atom is -0.495 e. The minimum absolute atomic E-state index is 0.0523. The van der Waals surface area contributed by atoms with Gasteiger partial charge in [0.1, 0.15) is 11.8 Å². The van der Waals surface area contributed by atoms with E-state index in [9.17, 15) is 18.0 Å². The summed E-state index contributed by atoms with van der Waals surface area (Å²) in [7, 11) is -2.50. The first-order valence-electron chi connectivity index (χ1n) is 9.21. The Balaban J connectivity index is 1.70. The van der Waals surface area contributed by atoms with E-state index >= 15 is 0 Å². The Morgan fingerprint density at radius 2 is 1.81 bits per heavy atom. The van der Waals surface area contributed by atoms with Crippen molar-refractivity contribution in [1.82, 2.24) is 5.32 Å². The van der Waals surface area contributed by atoms with Gasteiger partial charge >= 0.3 is 0 Å². The first-order chi connectivity index (χ1) is 14.8. The molecule has 0 aliphatic rings. The first kappa shape index (κ1) is 21.9. The van der Waals surface area contributed by atoms with Gasteiger partial charge in [0.25, 0.3) is 15.9 Å². The van der Waals surface area contributed by atoms with Crippen molar-refractivity contribution in [2.24, 2.45) is 0 Å². The number of amides is 2. The number of para-hydroxylation sites is 2. The molecule has 9 nitrogen and oxygen atoms in total. The number of carbonyl (C=O) groups is 2. The van der Waals surface area contributed by atoms with E-state index < -0.39 is 27.9 Å². The van der Waals surface area contributed by atoms with Crippen molar-refractivity contribution >= 4 is 33.2 Å². The zero-order chi connectivity index (χ0) is 22.4. The van der Waals surface area contributed by atoms with Crippen LogP contribution in [-0.4, -0.2) is 33.4 Å². The molecule has 0 spiro atoms. The van der Waals surface area contributed by atoms with Crippen LogP contribution in [0.3, 0.4) is 0 Å². The van der Waals surface area contributed by atoms with Crippen molar-refractivity contribution in [2.75, 3.05) is 17.1 Å². The van der Waals surface area contributed by atoms with Crippen molar-refractivity contribution in [3.05, 3.63) is 72.7 Å². The number of methoxy groups -OCH3 is 1. The van der Waals surface area contributed by atoms with E-state index in [4.69, 9.17) is 9.15 Å². The zero-order valence-corrected chi connectivity index (χ0v) is 17.6. The van der Waals surface area contributed by atoms with Crippen LogP contribution in [0.2, 0.25) is 0 Å². The normalized spacial score (nSPS) is 11.9. The van der Waals surface area contributed by atoms with Gasteiger partial charge in [0.2, 0.25) is 5.91 Å². The molecule has 2 amide bonds. The Morgan fingerprint density at radius 1 is 1.03 bits per heavy atom. The number of hydrogen-bond donors (Lipinski definition) is 3. The monoisotopic (exact) mass is 443 g/mol. The lowest BCUT2D eigenvalue weighted by Gasteiger charge is -2.15. The van der Waals surface area contributed by atoms with Crippen molar-refractivity contribution in [3.63, 3.8) is 0 Å². The molecule has 3 aromatic rings. The number of ether oxygens (including phenoxy) is 1. The molecular formula is C21H21N3O6S. The third-order valence-electron chi connectivity index (χ3n) is 4.25. The first-order valence-corrected chi connectivity index (χ1v) is 10.7. The molecule has 10 heteroatoms. The standard InChI is InChI=1S/C21H21N3O6S/c1-14(22-21(26)19-11-6-12-30-19)20(25)23-15-7-5-8-16(13-15)31(27,28)24-17-9-3-4-10-18(17)29-2/h3-14,24H,1-2H3,(H,22,26)(H,23,25)/t14-/m1/s1. The number of hydrogen-bond acceptors (Lipinski definition) is 6. The second-order valence-electron chi connectivity index (χ2n) is 6.50. The van der Waals surface area contributed by atoms with Crippen LogP contribution in [0.5, 0.6) is 5.75 Å². The molecule has 1 atom stereocenters. The number of nitrogens with one attached hydrogen (secondary N) is 3. The summed E-state index contributed by atoms with van der Waals surface area (Å²) in [5.74, 6) is -0.607. The van der Waals surface area contributed by atoms with Crippen molar-refractivity contribution in [2.45, 2.75) is 17.9 Å². The SMILES string of the molecule is COc1ccccc1NS(=O)(=O)c1cccc(NC(=O)[C@@H](C)NC(=O)c2ccco2)c1. The highest BCUT2D eigenvalue weighted by atomic mass is 32.2. The largest absolute Gasteiger partial charge is 0.495 e. The molecule has 0 bridgehead atoms. The van der Waals surface area contributed by atoms with Gasteiger partial charge in [0.15, 0.2) is 5.76 Å². The van der Waals surface area contributed by atoms with E-state index in [1.54, 1.807) is 36.4 Å². The van der Waals surface area contributed by atoms with Crippen LogP contribution in [0.25, 0.3) is 0 Å². The van der Waals surface area contributed by atoms with Gasteiger partial charge in [0.05, 0.1) is 24.0 Å². The Bertz CT molecular complexity index is 1180. The molecule has 0 saturated heterocycles. The van der Waals surface area contributed by atoms with Crippen LogP contribution < -0.4 is 20.1 Å². The van der Waals surface area contributed by atoms with E-state index in [0.717, 1.165) is 0 Å². The number of carbonyl (C=O) groups excluding carboxylic acids is 2. The fourth-order valence-electron chi connectivity index (χ4n) is 2.67. The lowest BCUT2D eigenvalue weighted by Crippen LogP contribution is -2.41. The summed E-state index contributed by atoms with van der Waals surface area (Å²) in [6, 6.07) is 14.5. The van der Waals surface area contributed by atoms with Crippen LogP contribution in [0.15, 0.2) is 76.2 Å². The maximum Gasteiger partial charge on any atom is 0.287 e. The van der Waals surface area contributed by atoms with Gasteiger partial charge < -0.3 is 19.8 Å². The third-order valence-corrected chi connectivity index (χ3v) is 5.61. The van der Waals surface area contributed by atoms with Crippen LogP contribution in [0, 0.1) is 0 Å². The highest BCUT2D eigenvalue weighted by Crippen LogP contribution is 2.26. The van der Waals surface area contributed by atoms with Crippen LogP contribution >= 0.6 is 0 Å². The molecule has 0 aliphatic heterocycles. The highest BCUT2D eigenvalue weighted by Gasteiger charge is 2.20. The van der Waals surface area contributed by atoms with Gasteiger partial charge in [-0.15, -0.1) is 0 Å².